The van der Waals surface area contributed by atoms with Crippen LogP contribution in [0.3, 0.4) is 0 Å². The Morgan fingerprint density at radius 3 is 2.17 bits per heavy atom. The zero-order valence-electron chi connectivity index (χ0n) is 18.9. The fourth-order valence-electron chi connectivity index (χ4n) is 3.03. The molecule has 0 heterocycles. The molecule has 0 aliphatic carbocycles. The molecule has 0 spiro atoms. The van der Waals surface area contributed by atoms with E-state index in [0.717, 1.165) is 12.1 Å². The predicted molar refractivity (Wildman–Crippen MR) is 129 cm³/mol. The molecule has 3 rings (SSSR count). The van der Waals surface area contributed by atoms with Gasteiger partial charge in [0.15, 0.2) is 11.5 Å². The quantitative estimate of drug-likeness (QED) is 0.214. The van der Waals surface area contributed by atoms with Gasteiger partial charge in [-0.05, 0) is 30.3 Å². The highest BCUT2D eigenvalue weighted by Gasteiger charge is 2.24. The molecule has 12 nitrogen and oxygen atoms in total. The van der Waals surface area contributed by atoms with E-state index in [1.54, 1.807) is 18.2 Å². The summed E-state index contributed by atoms with van der Waals surface area (Å²) < 4.78 is 44.1. The molecule has 3 aromatic rings. The SMILES string of the molecule is COc1ccccc1NS(=O)(=O)c1cc([N+](=O)[O-])ccc1N/N=C/c1cc(OC)c(O)c(OC)c1. The van der Waals surface area contributed by atoms with Gasteiger partial charge in [-0.1, -0.05) is 12.1 Å². The molecule has 0 aromatic heterocycles. The highest BCUT2D eigenvalue weighted by atomic mass is 32.2. The lowest BCUT2D eigenvalue weighted by atomic mass is 10.2. The van der Waals surface area contributed by atoms with E-state index < -0.39 is 25.5 Å². The number of ether oxygens (including phenoxy) is 3. The van der Waals surface area contributed by atoms with Gasteiger partial charge in [0.1, 0.15) is 10.6 Å². The molecule has 0 radical (unpaired) electrons. The fourth-order valence-corrected chi connectivity index (χ4v) is 4.28. The van der Waals surface area contributed by atoms with E-state index in [1.165, 1.54) is 51.8 Å². The standard InChI is InChI=1S/C22H22N4O8S/c1-32-18-7-5-4-6-16(18)25-35(30,31)21-12-15(26(28)29)8-9-17(21)24-23-13-14-10-19(33-2)22(27)20(11-14)34-3/h4-13,24-25,27H,1-3H3/b23-13+. The summed E-state index contributed by atoms with van der Waals surface area (Å²) in [5.41, 5.74) is 2.76. The summed E-state index contributed by atoms with van der Waals surface area (Å²) in [6.45, 7) is 0. The Kier molecular flexibility index (Phi) is 7.61. The van der Waals surface area contributed by atoms with Crippen LogP contribution in [-0.4, -0.2) is 46.0 Å². The molecule has 0 bridgehead atoms. The number of non-ortho nitro benzene ring substituents is 1. The zero-order valence-corrected chi connectivity index (χ0v) is 19.7. The van der Waals surface area contributed by atoms with E-state index >= 15 is 0 Å². The van der Waals surface area contributed by atoms with E-state index in [2.05, 4.69) is 15.2 Å². The van der Waals surface area contributed by atoms with Crippen molar-refractivity contribution in [2.45, 2.75) is 4.90 Å². The number of nitrogens with one attached hydrogen (secondary N) is 2. The van der Waals surface area contributed by atoms with Crippen LogP contribution in [0, 0.1) is 10.1 Å². The molecule has 0 fully saturated rings. The first kappa shape index (κ1) is 25.1. The largest absolute Gasteiger partial charge is 0.502 e. The predicted octanol–water partition coefficient (Wildman–Crippen LogP) is 3.57. The number of anilines is 2. The number of benzene rings is 3. The highest BCUT2D eigenvalue weighted by molar-refractivity contribution is 7.93. The van der Waals surface area contributed by atoms with Crippen LogP contribution in [0.25, 0.3) is 0 Å². The van der Waals surface area contributed by atoms with Crippen molar-refractivity contribution in [2.24, 2.45) is 5.10 Å². The van der Waals surface area contributed by atoms with Crippen molar-refractivity contribution >= 4 is 33.3 Å². The van der Waals surface area contributed by atoms with Crippen LogP contribution in [-0.2, 0) is 10.0 Å². The Hall–Kier alpha value is -4.52. The van der Waals surface area contributed by atoms with Gasteiger partial charge in [0.05, 0.1) is 43.8 Å². The van der Waals surface area contributed by atoms with Crippen LogP contribution < -0.4 is 24.4 Å². The first-order valence-corrected chi connectivity index (χ1v) is 11.4. The van der Waals surface area contributed by atoms with Crippen molar-refractivity contribution in [2.75, 3.05) is 31.5 Å². The zero-order chi connectivity index (χ0) is 25.6. The Labute approximate surface area is 201 Å². The van der Waals surface area contributed by atoms with Gasteiger partial charge < -0.3 is 19.3 Å². The number of hydrazone groups is 1. The number of rotatable bonds is 10. The highest BCUT2D eigenvalue weighted by Crippen LogP contribution is 2.37. The molecule has 184 valence electrons. The number of nitrogens with zero attached hydrogens (tertiary/aromatic N) is 2. The van der Waals surface area contributed by atoms with E-state index in [4.69, 9.17) is 14.2 Å². The molecule has 0 amide bonds. The van der Waals surface area contributed by atoms with Gasteiger partial charge >= 0.3 is 0 Å². The summed E-state index contributed by atoms with van der Waals surface area (Å²) in [7, 11) is -0.171. The number of methoxy groups -OCH3 is 3. The second kappa shape index (κ2) is 10.6. The number of nitro groups is 1. The summed E-state index contributed by atoms with van der Waals surface area (Å²) in [4.78, 5) is 10.2. The van der Waals surface area contributed by atoms with Gasteiger partial charge in [0.2, 0.25) is 5.75 Å². The third-order valence-corrected chi connectivity index (χ3v) is 6.12. The van der Waals surface area contributed by atoms with Gasteiger partial charge in [-0.3, -0.25) is 20.3 Å². The van der Waals surface area contributed by atoms with Crippen molar-refractivity contribution in [3.05, 3.63) is 70.3 Å². The van der Waals surface area contributed by atoms with Crippen LogP contribution in [0.5, 0.6) is 23.0 Å². The molecule has 0 aliphatic heterocycles. The van der Waals surface area contributed by atoms with Gasteiger partial charge in [-0.2, -0.15) is 5.10 Å². The number of phenolic OH excluding ortho intramolecular Hbond substituents is 1. The Morgan fingerprint density at radius 1 is 0.943 bits per heavy atom. The number of hydrogen-bond acceptors (Lipinski definition) is 10. The third-order valence-electron chi connectivity index (χ3n) is 4.72. The lowest BCUT2D eigenvalue weighted by Gasteiger charge is -2.14. The molecular weight excluding hydrogens is 480 g/mol. The molecule has 0 unspecified atom stereocenters. The van der Waals surface area contributed by atoms with Crippen LogP contribution in [0.1, 0.15) is 5.56 Å². The lowest BCUT2D eigenvalue weighted by molar-refractivity contribution is -0.385. The van der Waals surface area contributed by atoms with Crippen molar-refractivity contribution < 1.29 is 32.7 Å². The fraction of sp³-hybridized carbons (Fsp3) is 0.136. The Morgan fingerprint density at radius 2 is 1.57 bits per heavy atom. The average Bonchev–Trinajstić information content (AvgIpc) is 2.84. The summed E-state index contributed by atoms with van der Waals surface area (Å²) in [5, 5.41) is 25.3. The smallest absolute Gasteiger partial charge is 0.270 e. The number of sulfonamides is 1. The second-order valence-electron chi connectivity index (χ2n) is 6.89. The number of nitro benzene ring substituents is 1. The topological polar surface area (TPSA) is 162 Å². The van der Waals surface area contributed by atoms with Crippen molar-refractivity contribution in [1.29, 1.82) is 0 Å². The Bertz CT molecular complexity index is 1350. The normalized spacial score (nSPS) is 11.2. The first-order chi connectivity index (χ1) is 16.7. The second-order valence-corrected chi connectivity index (χ2v) is 8.54. The van der Waals surface area contributed by atoms with Crippen molar-refractivity contribution in [3.8, 4) is 23.0 Å². The van der Waals surface area contributed by atoms with Crippen LogP contribution in [0.4, 0.5) is 17.1 Å². The van der Waals surface area contributed by atoms with Crippen molar-refractivity contribution in [1.82, 2.24) is 0 Å². The average molecular weight is 503 g/mol. The number of phenols is 1. The summed E-state index contributed by atoms with van der Waals surface area (Å²) in [5.74, 6) is 0.367. The number of para-hydroxylation sites is 2. The summed E-state index contributed by atoms with van der Waals surface area (Å²) in [6, 6.07) is 12.6. The number of hydrogen-bond donors (Lipinski definition) is 3. The maximum atomic E-state index is 13.2. The van der Waals surface area contributed by atoms with Crippen LogP contribution >= 0.6 is 0 Å². The molecule has 3 aromatic carbocycles. The van der Waals surface area contributed by atoms with E-state index in [9.17, 15) is 23.6 Å². The molecule has 0 atom stereocenters. The molecule has 0 saturated carbocycles. The van der Waals surface area contributed by atoms with Crippen molar-refractivity contribution in [3.63, 3.8) is 0 Å². The summed E-state index contributed by atoms with van der Waals surface area (Å²) >= 11 is 0. The Balaban J connectivity index is 1.97. The van der Waals surface area contributed by atoms with Crippen LogP contribution in [0.15, 0.2) is 64.6 Å². The van der Waals surface area contributed by atoms with Gasteiger partial charge in [-0.25, -0.2) is 8.42 Å². The van der Waals surface area contributed by atoms with E-state index in [1.807, 2.05) is 0 Å². The maximum absolute atomic E-state index is 13.2. The van der Waals surface area contributed by atoms with E-state index in [0.29, 0.717) is 5.56 Å². The van der Waals surface area contributed by atoms with Gasteiger partial charge in [0, 0.05) is 17.7 Å². The monoisotopic (exact) mass is 502 g/mol. The minimum absolute atomic E-state index is 0.0213. The molecular formula is C22H22N4O8S. The van der Waals surface area contributed by atoms with E-state index in [-0.39, 0.29) is 34.4 Å². The summed E-state index contributed by atoms with van der Waals surface area (Å²) in [6.07, 6.45) is 1.33. The number of aromatic hydroxyl groups is 1. The maximum Gasteiger partial charge on any atom is 0.270 e. The minimum atomic E-state index is -4.30. The molecule has 35 heavy (non-hydrogen) atoms. The molecule has 0 saturated heterocycles. The van der Waals surface area contributed by atoms with Gasteiger partial charge in [-0.15, -0.1) is 0 Å². The lowest BCUT2D eigenvalue weighted by Crippen LogP contribution is -2.15. The molecule has 0 aliphatic rings. The van der Waals surface area contributed by atoms with Gasteiger partial charge in [0.25, 0.3) is 15.7 Å². The van der Waals surface area contributed by atoms with Crippen LogP contribution in [0.2, 0.25) is 0 Å². The molecule has 3 N–H and O–H groups in total. The molecule has 13 heteroatoms. The first-order valence-electron chi connectivity index (χ1n) is 9.88. The third kappa shape index (κ3) is 5.70. The minimum Gasteiger partial charge on any atom is -0.502 e.